The van der Waals surface area contributed by atoms with Gasteiger partial charge in [-0.3, -0.25) is 4.79 Å². The van der Waals surface area contributed by atoms with E-state index >= 15 is 0 Å². The Morgan fingerprint density at radius 3 is 2.38 bits per heavy atom. The number of unbranched alkanes of at least 4 members (excludes halogenated alkanes) is 4. The van der Waals surface area contributed by atoms with Crippen LogP contribution >= 0.6 is 0 Å². The Morgan fingerprint density at radius 2 is 1.62 bits per heavy atom. The number of ether oxygens (including phenoxy) is 2. The summed E-state index contributed by atoms with van der Waals surface area (Å²) in [6.45, 7) is 5.41. The van der Waals surface area contributed by atoms with E-state index in [-0.39, 0.29) is 5.91 Å². The molecule has 2 aromatic rings. The van der Waals surface area contributed by atoms with Gasteiger partial charge >= 0.3 is 0 Å². The summed E-state index contributed by atoms with van der Waals surface area (Å²) in [5, 5.41) is 2.91. The summed E-state index contributed by atoms with van der Waals surface area (Å²) in [5.41, 5.74) is 1.29. The molecule has 0 spiro atoms. The van der Waals surface area contributed by atoms with Gasteiger partial charge in [-0.2, -0.15) is 0 Å². The summed E-state index contributed by atoms with van der Waals surface area (Å²) in [5.74, 6) is 1.31. The van der Waals surface area contributed by atoms with Gasteiger partial charge in [0.1, 0.15) is 11.5 Å². The predicted octanol–water partition coefficient (Wildman–Crippen LogP) is 5.69. The lowest BCUT2D eigenvalue weighted by atomic mass is 10.2. The first kappa shape index (κ1) is 19.8. The van der Waals surface area contributed by atoms with E-state index in [1.165, 1.54) is 25.7 Å². The Labute approximate surface area is 156 Å². The van der Waals surface area contributed by atoms with Gasteiger partial charge in [-0.15, -0.1) is 0 Å². The number of amides is 1. The quantitative estimate of drug-likeness (QED) is 0.527. The first-order valence-corrected chi connectivity index (χ1v) is 9.50. The van der Waals surface area contributed by atoms with E-state index in [9.17, 15) is 4.79 Å². The molecule has 1 amide bonds. The summed E-state index contributed by atoms with van der Waals surface area (Å²) in [7, 11) is 0. The highest BCUT2D eigenvalue weighted by Gasteiger charge is 2.08. The molecule has 0 bridgehead atoms. The van der Waals surface area contributed by atoms with Crippen LogP contribution in [0.5, 0.6) is 11.5 Å². The maximum atomic E-state index is 12.4. The molecule has 0 aliphatic heterocycles. The zero-order chi connectivity index (χ0) is 18.6. The molecule has 0 atom stereocenters. The molecule has 2 aromatic carbocycles. The van der Waals surface area contributed by atoms with Crippen molar-refractivity contribution in [1.29, 1.82) is 0 Å². The highest BCUT2D eigenvalue weighted by Crippen LogP contribution is 2.20. The van der Waals surface area contributed by atoms with E-state index in [1.807, 2.05) is 43.3 Å². The largest absolute Gasteiger partial charge is 0.494 e. The average molecular weight is 355 g/mol. The summed E-state index contributed by atoms with van der Waals surface area (Å²) in [6.07, 6.45) is 6.04. The zero-order valence-corrected chi connectivity index (χ0v) is 15.8. The van der Waals surface area contributed by atoms with Gasteiger partial charge in [-0.25, -0.2) is 0 Å². The van der Waals surface area contributed by atoms with Crippen LogP contribution in [0.15, 0.2) is 48.5 Å². The fourth-order valence-corrected chi connectivity index (χ4v) is 2.66. The number of rotatable bonds is 11. The van der Waals surface area contributed by atoms with Crippen LogP contribution in [0.2, 0.25) is 0 Å². The van der Waals surface area contributed by atoms with Crippen molar-refractivity contribution in [2.45, 2.75) is 46.0 Å². The van der Waals surface area contributed by atoms with E-state index < -0.39 is 0 Å². The molecule has 26 heavy (non-hydrogen) atoms. The van der Waals surface area contributed by atoms with Crippen LogP contribution in [0.3, 0.4) is 0 Å². The van der Waals surface area contributed by atoms with E-state index in [4.69, 9.17) is 9.47 Å². The van der Waals surface area contributed by atoms with Gasteiger partial charge < -0.3 is 14.8 Å². The molecule has 0 saturated carbocycles. The fraction of sp³-hybridized carbons (Fsp3) is 0.409. The van der Waals surface area contributed by atoms with E-state index in [0.29, 0.717) is 24.5 Å². The smallest absolute Gasteiger partial charge is 0.255 e. The Bertz CT molecular complexity index is 685. The van der Waals surface area contributed by atoms with Crippen molar-refractivity contribution in [2.75, 3.05) is 18.5 Å². The highest BCUT2D eigenvalue weighted by atomic mass is 16.5. The summed E-state index contributed by atoms with van der Waals surface area (Å²) in [4.78, 5) is 12.4. The molecule has 1 N–H and O–H groups in total. The maximum absolute atomic E-state index is 12.4. The lowest BCUT2D eigenvalue weighted by molar-refractivity contribution is 0.102. The molecule has 0 aromatic heterocycles. The standard InChI is InChI=1S/C22H29NO3/c1-3-5-6-7-8-15-26-21-14-10-12-19(17-21)23-22(24)18-11-9-13-20(16-18)25-4-2/h9-14,16-17H,3-8,15H2,1-2H3,(H,23,24). The topological polar surface area (TPSA) is 47.6 Å². The van der Waals surface area contributed by atoms with Crippen molar-refractivity contribution in [1.82, 2.24) is 0 Å². The summed E-state index contributed by atoms with van der Waals surface area (Å²) >= 11 is 0. The second kappa shape index (κ2) is 11.2. The van der Waals surface area contributed by atoms with Crippen LogP contribution < -0.4 is 14.8 Å². The molecule has 4 heteroatoms. The van der Waals surface area contributed by atoms with Crippen molar-refractivity contribution in [3.05, 3.63) is 54.1 Å². The number of hydrogen-bond acceptors (Lipinski definition) is 3. The molecule has 4 nitrogen and oxygen atoms in total. The second-order valence-corrected chi connectivity index (χ2v) is 6.21. The van der Waals surface area contributed by atoms with Crippen molar-refractivity contribution >= 4 is 11.6 Å². The minimum Gasteiger partial charge on any atom is -0.494 e. The van der Waals surface area contributed by atoms with Crippen molar-refractivity contribution in [2.24, 2.45) is 0 Å². The first-order chi connectivity index (χ1) is 12.7. The molecule has 2 rings (SSSR count). The molecular weight excluding hydrogens is 326 g/mol. The van der Waals surface area contributed by atoms with Gasteiger partial charge in [0.25, 0.3) is 5.91 Å². The fourth-order valence-electron chi connectivity index (χ4n) is 2.66. The number of anilines is 1. The van der Waals surface area contributed by atoms with Gasteiger partial charge in [-0.1, -0.05) is 44.7 Å². The second-order valence-electron chi connectivity index (χ2n) is 6.21. The molecule has 0 fully saturated rings. The Morgan fingerprint density at radius 1 is 0.885 bits per heavy atom. The number of benzene rings is 2. The summed E-state index contributed by atoms with van der Waals surface area (Å²) < 4.78 is 11.2. The van der Waals surface area contributed by atoms with Gasteiger partial charge in [0.15, 0.2) is 0 Å². The van der Waals surface area contributed by atoms with E-state index in [2.05, 4.69) is 12.2 Å². The Hall–Kier alpha value is -2.49. The Kier molecular flexibility index (Phi) is 8.53. The van der Waals surface area contributed by atoms with E-state index in [0.717, 1.165) is 17.9 Å². The van der Waals surface area contributed by atoms with Crippen LogP contribution in [-0.4, -0.2) is 19.1 Å². The number of carbonyl (C=O) groups excluding carboxylic acids is 1. The van der Waals surface area contributed by atoms with Crippen LogP contribution in [0.4, 0.5) is 5.69 Å². The van der Waals surface area contributed by atoms with Crippen molar-refractivity contribution in [3.8, 4) is 11.5 Å². The third-order valence-corrected chi connectivity index (χ3v) is 4.02. The monoisotopic (exact) mass is 355 g/mol. The Balaban J connectivity index is 1.87. The maximum Gasteiger partial charge on any atom is 0.255 e. The van der Waals surface area contributed by atoms with E-state index in [1.54, 1.807) is 12.1 Å². The molecule has 0 saturated heterocycles. The SMILES string of the molecule is CCCCCCCOc1cccc(NC(=O)c2cccc(OCC)c2)c1. The van der Waals surface area contributed by atoms with Gasteiger partial charge in [0, 0.05) is 17.3 Å². The normalized spacial score (nSPS) is 10.4. The molecular formula is C22H29NO3. The minimum absolute atomic E-state index is 0.164. The van der Waals surface area contributed by atoms with Crippen LogP contribution in [0.1, 0.15) is 56.3 Å². The molecule has 0 radical (unpaired) electrons. The summed E-state index contributed by atoms with van der Waals surface area (Å²) in [6, 6.07) is 14.7. The third-order valence-electron chi connectivity index (χ3n) is 4.02. The van der Waals surface area contributed by atoms with Crippen molar-refractivity contribution < 1.29 is 14.3 Å². The molecule has 0 unspecified atom stereocenters. The van der Waals surface area contributed by atoms with Gasteiger partial charge in [-0.05, 0) is 43.7 Å². The van der Waals surface area contributed by atoms with Crippen LogP contribution in [0, 0.1) is 0 Å². The lowest BCUT2D eigenvalue weighted by Crippen LogP contribution is -2.12. The van der Waals surface area contributed by atoms with Gasteiger partial charge in [0.05, 0.1) is 13.2 Å². The first-order valence-electron chi connectivity index (χ1n) is 9.50. The highest BCUT2D eigenvalue weighted by molar-refractivity contribution is 6.04. The van der Waals surface area contributed by atoms with Gasteiger partial charge in [0.2, 0.25) is 0 Å². The third kappa shape index (κ3) is 6.79. The lowest BCUT2D eigenvalue weighted by Gasteiger charge is -2.10. The number of hydrogen-bond donors (Lipinski definition) is 1. The number of carbonyl (C=O) groups is 1. The minimum atomic E-state index is -0.164. The van der Waals surface area contributed by atoms with Crippen LogP contribution in [-0.2, 0) is 0 Å². The van der Waals surface area contributed by atoms with Crippen molar-refractivity contribution in [3.63, 3.8) is 0 Å². The predicted molar refractivity (Wildman–Crippen MR) is 106 cm³/mol. The molecule has 140 valence electrons. The zero-order valence-electron chi connectivity index (χ0n) is 15.8. The number of nitrogens with one attached hydrogen (secondary N) is 1. The van der Waals surface area contributed by atoms with Crippen LogP contribution in [0.25, 0.3) is 0 Å². The average Bonchev–Trinajstić information content (AvgIpc) is 2.65. The molecule has 0 aliphatic rings. The molecule has 0 heterocycles. The molecule has 0 aliphatic carbocycles.